The summed E-state index contributed by atoms with van der Waals surface area (Å²) in [7, 11) is 0. The fourth-order valence-corrected chi connectivity index (χ4v) is 3.31. The number of nitrogens with zero attached hydrogens (tertiary/aromatic N) is 4. The quantitative estimate of drug-likeness (QED) is 0.350. The van der Waals surface area contributed by atoms with Crippen molar-refractivity contribution in [1.82, 2.24) is 0 Å². The van der Waals surface area contributed by atoms with Crippen molar-refractivity contribution in [3.05, 3.63) is 71.3 Å². The zero-order chi connectivity index (χ0) is 25.8. The van der Waals surface area contributed by atoms with Crippen molar-refractivity contribution in [3.63, 3.8) is 0 Å². The van der Waals surface area contributed by atoms with Crippen LogP contribution in [0.4, 0.5) is 41.6 Å². The molecule has 0 aromatic heterocycles. The summed E-state index contributed by atoms with van der Waals surface area (Å²) in [5, 5.41) is 46.4. The Morgan fingerprint density at radius 2 is 1.62 bits per heavy atom. The lowest BCUT2D eigenvalue weighted by molar-refractivity contribution is -0.393. The van der Waals surface area contributed by atoms with Gasteiger partial charge in [0, 0.05) is 43.9 Å². The van der Waals surface area contributed by atoms with Gasteiger partial charge in [-0.15, -0.1) is 0 Å². The van der Waals surface area contributed by atoms with E-state index in [1.165, 1.54) is 13.0 Å². The molecular weight excluding hydrogens is 491 g/mol. The van der Waals surface area contributed by atoms with Crippen LogP contribution in [0.1, 0.15) is 12.5 Å². The van der Waals surface area contributed by atoms with Gasteiger partial charge in [0.1, 0.15) is 0 Å². The fourth-order valence-electron chi connectivity index (χ4n) is 3.07. The fraction of sp³-hybridized carbons (Fsp3) is 0.333. The Kier molecular flexibility index (Phi) is 8.17. The van der Waals surface area contributed by atoms with E-state index < -0.39 is 49.7 Å². The molecule has 184 valence electrons. The van der Waals surface area contributed by atoms with Crippen LogP contribution >= 0.6 is 11.6 Å². The van der Waals surface area contributed by atoms with E-state index in [9.17, 15) is 48.6 Å². The number of aliphatic hydroxyl groups excluding tert-OH is 1. The van der Waals surface area contributed by atoms with E-state index >= 15 is 0 Å². The van der Waals surface area contributed by atoms with Gasteiger partial charge >= 0.3 is 6.18 Å². The lowest BCUT2D eigenvalue weighted by atomic mass is 10.1. The Balaban J connectivity index is 2.45. The number of nitrogens with one attached hydrogen (secondary N) is 1. The third kappa shape index (κ3) is 6.41. The Labute approximate surface area is 194 Å². The first-order valence-electron chi connectivity index (χ1n) is 9.37. The third-order valence-corrected chi connectivity index (χ3v) is 4.76. The Hall–Kier alpha value is -3.72. The molecule has 0 bridgehead atoms. The molecule has 2 rings (SSSR count). The predicted octanol–water partition coefficient (Wildman–Crippen LogP) is 4.38. The normalized spacial score (nSPS) is 12.2. The molecule has 0 spiro atoms. The highest BCUT2D eigenvalue weighted by molar-refractivity contribution is 6.33. The van der Waals surface area contributed by atoms with Gasteiger partial charge in [-0.2, -0.15) is 13.2 Å². The summed E-state index contributed by atoms with van der Waals surface area (Å²) in [6, 6.07) is 3.91. The molecule has 0 radical (unpaired) electrons. The average molecular weight is 508 g/mol. The van der Waals surface area contributed by atoms with Gasteiger partial charge in [-0.05, 0) is 13.0 Å². The second kappa shape index (κ2) is 10.5. The van der Waals surface area contributed by atoms with Crippen LogP contribution in [-0.2, 0) is 6.18 Å². The molecule has 34 heavy (non-hydrogen) atoms. The van der Waals surface area contributed by atoms with Gasteiger partial charge in [-0.1, -0.05) is 11.6 Å². The Morgan fingerprint density at radius 3 is 2.03 bits per heavy atom. The van der Waals surface area contributed by atoms with E-state index in [1.807, 2.05) is 0 Å². The number of nitro groups is 3. The Morgan fingerprint density at radius 1 is 1.06 bits per heavy atom. The first kappa shape index (κ1) is 26.5. The molecule has 2 N–H and O–H groups in total. The topological polar surface area (TPSA) is 165 Å². The molecule has 0 fully saturated rings. The smallest absolute Gasteiger partial charge is 0.392 e. The van der Waals surface area contributed by atoms with Gasteiger partial charge in [-0.3, -0.25) is 30.3 Å². The van der Waals surface area contributed by atoms with Crippen molar-refractivity contribution in [2.75, 3.05) is 29.9 Å². The van der Waals surface area contributed by atoms with Crippen LogP contribution in [0.3, 0.4) is 0 Å². The second-order valence-electron chi connectivity index (χ2n) is 7.02. The van der Waals surface area contributed by atoms with Crippen LogP contribution in [0.5, 0.6) is 0 Å². The molecule has 12 nitrogen and oxygen atoms in total. The summed E-state index contributed by atoms with van der Waals surface area (Å²) in [5.74, 6) is 0. The summed E-state index contributed by atoms with van der Waals surface area (Å²) in [5.41, 5.74) is -4.63. The minimum absolute atomic E-state index is 0.0252. The molecule has 0 aliphatic heterocycles. The van der Waals surface area contributed by atoms with Crippen molar-refractivity contribution in [3.8, 4) is 0 Å². The molecule has 0 aliphatic carbocycles. The van der Waals surface area contributed by atoms with Crippen molar-refractivity contribution in [1.29, 1.82) is 0 Å². The van der Waals surface area contributed by atoms with Gasteiger partial charge in [0.15, 0.2) is 5.69 Å². The van der Waals surface area contributed by atoms with Gasteiger partial charge in [-0.25, -0.2) is 0 Å². The summed E-state index contributed by atoms with van der Waals surface area (Å²) in [6.45, 7) is 0.558. The molecule has 0 amide bonds. The molecule has 0 heterocycles. The molecule has 16 heteroatoms. The maximum atomic E-state index is 13.2. The maximum Gasteiger partial charge on any atom is 0.416 e. The molecule has 2 aromatic rings. The molecule has 1 atom stereocenters. The monoisotopic (exact) mass is 507 g/mol. The molecule has 0 aliphatic rings. The summed E-state index contributed by atoms with van der Waals surface area (Å²) in [4.78, 5) is 31.9. The van der Waals surface area contributed by atoms with Crippen LogP contribution in [0.15, 0.2) is 30.3 Å². The largest absolute Gasteiger partial charge is 0.416 e. The lowest BCUT2D eigenvalue weighted by Crippen LogP contribution is -2.36. The highest BCUT2D eigenvalue weighted by Gasteiger charge is 2.39. The summed E-state index contributed by atoms with van der Waals surface area (Å²) < 4.78 is 39.5. The van der Waals surface area contributed by atoms with Crippen molar-refractivity contribution >= 4 is 40.0 Å². The van der Waals surface area contributed by atoms with E-state index in [4.69, 9.17) is 11.6 Å². The van der Waals surface area contributed by atoms with Crippen LogP contribution in [0.2, 0.25) is 5.02 Å². The van der Waals surface area contributed by atoms with E-state index in [2.05, 4.69) is 5.32 Å². The summed E-state index contributed by atoms with van der Waals surface area (Å²) >= 11 is 5.98. The Bertz CT molecular complexity index is 1080. The number of halogens is 4. The minimum atomic E-state index is -5.07. The van der Waals surface area contributed by atoms with Gasteiger partial charge in [0.2, 0.25) is 0 Å². The zero-order valence-electron chi connectivity index (χ0n) is 17.3. The summed E-state index contributed by atoms with van der Waals surface area (Å²) in [6.07, 6.45) is -6.23. The van der Waals surface area contributed by atoms with E-state index in [1.54, 1.807) is 0 Å². The number of hydrogen-bond donors (Lipinski definition) is 2. The van der Waals surface area contributed by atoms with E-state index in [-0.39, 0.29) is 48.2 Å². The number of alkyl halides is 3. The average Bonchev–Trinajstić information content (AvgIpc) is 2.71. The molecule has 2 aromatic carbocycles. The number of rotatable bonds is 10. The number of benzene rings is 2. The number of anilines is 2. The third-order valence-electron chi connectivity index (χ3n) is 4.45. The molecule has 0 saturated heterocycles. The van der Waals surface area contributed by atoms with Gasteiger partial charge in [0.25, 0.3) is 17.1 Å². The lowest BCUT2D eigenvalue weighted by Gasteiger charge is -2.26. The number of nitro benzene ring substituents is 3. The van der Waals surface area contributed by atoms with Crippen molar-refractivity contribution in [2.45, 2.75) is 19.2 Å². The van der Waals surface area contributed by atoms with E-state index in [0.717, 1.165) is 17.0 Å². The van der Waals surface area contributed by atoms with Crippen LogP contribution in [-0.4, -0.2) is 45.6 Å². The minimum Gasteiger partial charge on any atom is -0.392 e. The first-order chi connectivity index (χ1) is 15.7. The van der Waals surface area contributed by atoms with Crippen LogP contribution in [0, 0.1) is 30.3 Å². The predicted molar refractivity (Wildman–Crippen MR) is 115 cm³/mol. The van der Waals surface area contributed by atoms with Crippen molar-refractivity contribution < 1.29 is 33.0 Å². The second-order valence-corrected chi connectivity index (χ2v) is 7.43. The van der Waals surface area contributed by atoms with Crippen LogP contribution in [0.25, 0.3) is 0 Å². The standard InChI is InChI=1S/C18H17ClF3N5O7/c1-10(28)9-24(5-4-23-14-3-2-12(25(29)30)8-13(14)19)17-15(26(31)32)6-11(18(20,21)22)7-16(17)27(33)34/h2-3,6-8,10,23,28H,4-5,9H2,1H3/t10-/m0/s1. The van der Waals surface area contributed by atoms with Gasteiger partial charge < -0.3 is 15.3 Å². The van der Waals surface area contributed by atoms with E-state index in [0.29, 0.717) is 0 Å². The highest BCUT2D eigenvalue weighted by Crippen LogP contribution is 2.43. The zero-order valence-corrected chi connectivity index (χ0v) is 18.0. The number of non-ortho nitro benzene ring substituents is 1. The van der Waals surface area contributed by atoms with Crippen LogP contribution < -0.4 is 10.2 Å². The molecule has 0 unspecified atom stereocenters. The number of aliphatic hydroxyl groups is 1. The maximum absolute atomic E-state index is 13.2. The molecular formula is C18H17ClF3N5O7. The highest BCUT2D eigenvalue weighted by atomic mass is 35.5. The van der Waals surface area contributed by atoms with Crippen molar-refractivity contribution in [2.24, 2.45) is 0 Å². The first-order valence-corrected chi connectivity index (χ1v) is 9.75. The molecule has 0 saturated carbocycles. The SMILES string of the molecule is C[C@H](O)CN(CCNc1ccc([N+](=O)[O-])cc1Cl)c1c([N+](=O)[O-])cc(C(F)(F)F)cc1[N+](=O)[O-]. The van der Waals surface area contributed by atoms with Gasteiger partial charge in [0.05, 0.1) is 37.1 Å². The number of hydrogen-bond acceptors (Lipinski definition) is 9.